The van der Waals surface area contributed by atoms with E-state index in [1.165, 1.54) is 19.1 Å². The Bertz CT molecular complexity index is 336. The number of nitrogen functional groups attached to an aromatic ring is 1. The number of amides is 1. The number of rotatable bonds is 1. The smallest absolute Gasteiger partial charge is 0.250 e. The van der Waals surface area contributed by atoms with Crippen LogP contribution in [0.2, 0.25) is 0 Å². The van der Waals surface area contributed by atoms with E-state index in [2.05, 4.69) is 0 Å². The molecular weight excluding hydrogens is 159 g/mol. The summed E-state index contributed by atoms with van der Waals surface area (Å²) in [6, 6.07) is 2.45. The van der Waals surface area contributed by atoms with Crippen LogP contribution in [-0.4, -0.2) is 5.91 Å². The molecule has 0 aromatic heterocycles. The molecule has 1 rings (SSSR count). The molecule has 0 unspecified atom stereocenters. The molecule has 0 fully saturated rings. The summed E-state index contributed by atoms with van der Waals surface area (Å²) in [5.74, 6) is -1.08. The van der Waals surface area contributed by atoms with Gasteiger partial charge in [0.15, 0.2) is 0 Å². The number of carbonyl (C=O) groups excluding carboxylic acids is 1. The van der Waals surface area contributed by atoms with Crippen LogP contribution in [0.3, 0.4) is 0 Å². The molecule has 0 heterocycles. The SMILES string of the molecule is Cc1c(F)ccc(C(N)=O)c1N. The second-order valence-electron chi connectivity index (χ2n) is 2.50. The Morgan fingerprint density at radius 2 is 2.08 bits per heavy atom. The molecule has 1 aromatic rings. The molecule has 0 aliphatic carbocycles. The van der Waals surface area contributed by atoms with Gasteiger partial charge in [-0.3, -0.25) is 4.79 Å². The van der Waals surface area contributed by atoms with E-state index >= 15 is 0 Å². The van der Waals surface area contributed by atoms with Crippen molar-refractivity contribution in [2.45, 2.75) is 6.92 Å². The van der Waals surface area contributed by atoms with Crippen LogP contribution in [-0.2, 0) is 0 Å². The van der Waals surface area contributed by atoms with E-state index in [0.29, 0.717) is 0 Å². The van der Waals surface area contributed by atoms with E-state index in [1.54, 1.807) is 0 Å². The molecule has 1 aromatic carbocycles. The van der Waals surface area contributed by atoms with Crippen molar-refractivity contribution < 1.29 is 9.18 Å². The maximum Gasteiger partial charge on any atom is 0.250 e. The summed E-state index contributed by atoms with van der Waals surface area (Å²) in [6.07, 6.45) is 0. The van der Waals surface area contributed by atoms with E-state index in [-0.39, 0.29) is 16.8 Å². The normalized spacial score (nSPS) is 9.83. The van der Waals surface area contributed by atoms with Gasteiger partial charge in [-0.2, -0.15) is 0 Å². The number of primary amides is 1. The Balaban J connectivity index is 3.36. The van der Waals surface area contributed by atoms with Crippen molar-refractivity contribution in [1.29, 1.82) is 0 Å². The van der Waals surface area contributed by atoms with Crippen molar-refractivity contribution in [1.82, 2.24) is 0 Å². The first-order valence-electron chi connectivity index (χ1n) is 3.38. The molecule has 4 N–H and O–H groups in total. The lowest BCUT2D eigenvalue weighted by molar-refractivity contribution is 0.100. The Kier molecular flexibility index (Phi) is 1.99. The third-order valence-corrected chi connectivity index (χ3v) is 1.71. The van der Waals surface area contributed by atoms with Crippen molar-refractivity contribution in [3.05, 3.63) is 29.1 Å². The highest BCUT2D eigenvalue weighted by atomic mass is 19.1. The number of hydrogen-bond acceptors (Lipinski definition) is 2. The number of anilines is 1. The van der Waals surface area contributed by atoms with Gasteiger partial charge in [0.2, 0.25) is 0 Å². The summed E-state index contributed by atoms with van der Waals surface area (Å²) in [6.45, 7) is 1.50. The Labute approximate surface area is 69.2 Å². The number of nitrogens with two attached hydrogens (primary N) is 2. The van der Waals surface area contributed by atoms with Gasteiger partial charge in [-0.15, -0.1) is 0 Å². The van der Waals surface area contributed by atoms with Gasteiger partial charge >= 0.3 is 0 Å². The zero-order valence-corrected chi connectivity index (χ0v) is 6.60. The summed E-state index contributed by atoms with van der Waals surface area (Å²) in [4.78, 5) is 10.7. The van der Waals surface area contributed by atoms with Gasteiger partial charge in [0.1, 0.15) is 5.82 Å². The van der Waals surface area contributed by atoms with Crippen molar-refractivity contribution in [3.63, 3.8) is 0 Å². The van der Waals surface area contributed by atoms with Crippen LogP contribution in [0, 0.1) is 12.7 Å². The molecule has 4 heteroatoms. The average Bonchev–Trinajstić information content (AvgIpc) is 2.00. The molecule has 3 nitrogen and oxygen atoms in total. The minimum atomic E-state index is -0.643. The van der Waals surface area contributed by atoms with Crippen LogP contribution in [0.5, 0.6) is 0 Å². The standard InChI is InChI=1S/C8H9FN2O/c1-4-6(9)3-2-5(7(4)10)8(11)12/h2-3H,10H2,1H3,(H2,11,12). The van der Waals surface area contributed by atoms with E-state index in [0.717, 1.165) is 0 Å². The average molecular weight is 168 g/mol. The van der Waals surface area contributed by atoms with Crippen LogP contribution in [0.4, 0.5) is 10.1 Å². The van der Waals surface area contributed by atoms with Gasteiger partial charge in [-0.25, -0.2) is 4.39 Å². The molecule has 0 aliphatic rings. The fraction of sp³-hybridized carbons (Fsp3) is 0.125. The first kappa shape index (κ1) is 8.52. The zero-order valence-electron chi connectivity index (χ0n) is 6.60. The van der Waals surface area contributed by atoms with Crippen LogP contribution < -0.4 is 11.5 Å². The van der Waals surface area contributed by atoms with Gasteiger partial charge in [-0.1, -0.05) is 0 Å². The zero-order chi connectivity index (χ0) is 9.30. The van der Waals surface area contributed by atoms with E-state index in [1.807, 2.05) is 0 Å². The van der Waals surface area contributed by atoms with Gasteiger partial charge < -0.3 is 11.5 Å². The largest absolute Gasteiger partial charge is 0.398 e. The molecule has 0 saturated heterocycles. The summed E-state index contributed by atoms with van der Waals surface area (Å²) in [5, 5.41) is 0. The minimum Gasteiger partial charge on any atom is -0.398 e. The highest BCUT2D eigenvalue weighted by Gasteiger charge is 2.10. The molecule has 0 radical (unpaired) electrons. The predicted octanol–water partition coefficient (Wildman–Crippen LogP) is 0.815. The second kappa shape index (κ2) is 2.81. The topological polar surface area (TPSA) is 69.1 Å². The molecule has 0 atom stereocenters. The Hall–Kier alpha value is -1.58. The summed E-state index contributed by atoms with van der Waals surface area (Å²) in [5.41, 5.74) is 11.0. The van der Waals surface area contributed by atoms with Crippen LogP contribution in [0.1, 0.15) is 15.9 Å². The second-order valence-corrected chi connectivity index (χ2v) is 2.50. The van der Waals surface area contributed by atoms with Gasteiger partial charge in [-0.05, 0) is 19.1 Å². The van der Waals surface area contributed by atoms with Gasteiger partial charge in [0.25, 0.3) is 5.91 Å². The molecule has 0 spiro atoms. The first-order chi connectivity index (χ1) is 5.54. The molecule has 1 amide bonds. The first-order valence-corrected chi connectivity index (χ1v) is 3.38. The summed E-state index contributed by atoms with van der Waals surface area (Å²) in [7, 11) is 0. The van der Waals surface area contributed by atoms with Crippen molar-refractivity contribution >= 4 is 11.6 Å². The predicted molar refractivity (Wildman–Crippen MR) is 44.1 cm³/mol. The number of carbonyl (C=O) groups is 1. The maximum absolute atomic E-state index is 12.8. The number of benzene rings is 1. The molecule has 12 heavy (non-hydrogen) atoms. The van der Waals surface area contributed by atoms with Crippen molar-refractivity contribution in [2.75, 3.05) is 5.73 Å². The quantitative estimate of drug-likeness (QED) is 0.609. The maximum atomic E-state index is 12.8. The van der Waals surface area contributed by atoms with Crippen LogP contribution in [0.15, 0.2) is 12.1 Å². The van der Waals surface area contributed by atoms with Crippen molar-refractivity contribution in [2.24, 2.45) is 5.73 Å². The molecule has 0 aliphatic heterocycles. The van der Waals surface area contributed by atoms with Gasteiger partial charge in [0, 0.05) is 5.56 Å². The molecule has 64 valence electrons. The lowest BCUT2D eigenvalue weighted by Gasteiger charge is -2.04. The monoisotopic (exact) mass is 168 g/mol. The lowest BCUT2D eigenvalue weighted by atomic mass is 10.1. The highest BCUT2D eigenvalue weighted by molar-refractivity contribution is 5.98. The molecule has 0 saturated carbocycles. The molecular formula is C8H9FN2O. The van der Waals surface area contributed by atoms with E-state index in [9.17, 15) is 9.18 Å². The van der Waals surface area contributed by atoms with Gasteiger partial charge in [0.05, 0.1) is 11.3 Å². The lowest BCUT2D eigenvalue weighted by Crippen LogP contribution is -2.14. The Morgan fingerprint density at radius 1 is 1.50 bits per heavy atom. The van der Waals surface area contributed by atoms with Crippen molar-refractivity contribution in [3.8, 4) is 0 Å². The van der Waals surface area contributed by atoms with E-state index < -0.39 is 11.7 Å². The van der Waals surface area contributed by atoms with Crippen LogP contribution >= 0.6 is 0 Å². The Morgan fingerprint density at radius 3 is 2.58 bits per heavy atom. The summed E-state index contributed by atoms with van der Waals surface area (Å²) < 4.78 is 12.8. The number of hydrogen-bond donors (Lipinski definition) is 2. The number of halogens is 1. The van der Waals surface area contributed by atoms with E-state index in [4.69, 9.17) is 11.5 Å². The minimum absolute atomic E-state index is 0.113. The fourth-order valence-corrected chi connectivity index (χ4v) is 0.917. The van der Waals surface area contributed by atoms with Crippen LogP contribution in [0.25, 0.3) is 0 Å². The third kappa shape index (κ3) is 1.23. The fourth-order valence-electron chi connectivity index (χ4n) is 0.917. The molecule has 0 bridgehead atoms. The summed E-state index contributed by atoms with van der Waals surface area (Å²) >= 11 is 0. The third-order valence-electron chi connectivity index (χ3n) is 1.71. The highest BCUT2D eigenvalue weighted by Crippen LogP contribution is 2.18.